The molecule has 0 aromatic carbocycles. The van der Waals surface area contributed by atoms with E-state index in [9.17, 15) is 39.6 Å². The molecule has 8 heteroatoms. The van der Waals surface area contributed by atoms with Crippen molar-refractivity contribution in [3.8, 4) is 0 Å². The van der Waals surface area contributed by atoms with Gasteiger partial charge < -0.3 is 20.4 Å². The molecule has 4 unspecified atom stereocenters. The third-order valence-corrected chi connectivity index (χ3v) is 4.57. The van der Waals surface area contributed by atoms with Crippen LogP contribution in [0.25, 0.3) is 0 Å². The Morgan fingerprint density at radius 3 is 0.759 bits per heavy atom. The van der Waals surface area contributed by atoms with Crippen molar-refractivity contribution >= 4 is 23.1 Å². The molecular formula is C21H28O8. The number of hydrogen-bond acceptors (Lipinski definition) is 8. The molecule has 0 fully saturated rings. The van der Waals surface area contributed by atoms with Gasteiger partial charge in [0.05, 0.1) is 0 Å². The summed E-state index contributed by atoms with van der Waals surface area (Å²) in [5, 5.41) is 43.1. The predicted octanol–water partition coefficient (Wildman–Crippen LogP) is -0.00280. The molecule has 0 rings (SSSR count). The molecule has 0 saturated carbocycles. The van der Waals surface area contributed by atoms with Gasteiger partial charge in [0.1, 0.15) is 29.8 Å². The summed E-state index contributed by atoms with van der Waals surface area (Å²) in [5.74, 6) is -4.83. The lowest BCUT2D eigenvalue weighted by Gasteiger charge is -2.45. The number of aliphatic hydroxyl groups is 4. The monoisotopic (exact) mass is 408 g/mol. The molecule has 8 nitrogen and oxygen atoms in total. The highest BCUT2D eigenvalue weighted by atomic mass is 16.3. The lowest BCUT2D eigenvalue weighted by molar-refractivity contribution is -0.196. The van der Waals surface area contributed by atoms with E-state index in [-0.39, 0.29) is 22.3 Å². The Morgan fingerprint density at radius 1 is 0.517 bits per heavy atom. The van der Waals surface area contributed by atoms with Gasteiger partial charge in [-0.2, -0.15) is 0 Å². The lowest BCUT2D eigenvalue weighted by Crippen LogP contribution is -2.68. The largest absolute Gasteiger partial charge is 0.384 e. The van der Waals surface area contributed by atoms with Crippen LogP contribution in [-0.2, 0) is 19.2 Å². The maximum absolute atomic E-state index is 12.5. The first-order chi connectivity index (χ1) is 13.1. The van der Waals surface area contributed by atoms with Crippen molar-refractivity contribution in [3.05, 3.63) is 48.6 Å². The molecule has 0 aliphatic carbocycles. The van der Waals surface area contributed by atoms with Gasteiger partial charge in [-0.15, -0.1) is 0 Å². The van der Waals surface area contributed by atoms with Crippen LogP contribution in [0.4, 0.5) is 0 Å². The SMILES string of the molecule is C=C(C)C(=O)C(O)C(C(O)C(=O)C(=C)C)(C(O)C(=O)C(=C)C)C(O)C(=O)C(=C)C. The van der Waals surface area contributed by atoms with Gasteiger partial charge in [0.2, 0.25) is 0 Å². The van der Waals surface area contributed by atoms with Crippen molar-refractivity contribution in [2.45, 2.75) is 52.1 Å². The highest BCUT2D eigenvalue weighted by molar-refractivity contribution is 6.08. The first-order valence-electron chi connectivity index (χ1n) is 8.57. The van der Waals surface area contributed by atoms with Crippen molar-refractivity contribution < 1.29 is 39.6 Å². The minimum absolute atomic E-state index is 0.276. The molecule has 0 aliphatic rings. The number of rotatable bonds is 12. The fraction of sp³-hybridized carbons (Fsp3) is 0.429. The molecule has 0 heterocycles. The Morgan fingerprint density at radius 2 is 0.655 bits per heavy atom. The van der Waals surface area contributed by atoms with Crippen LogP contribution in [0.1, 0.15) is 27.7 Å². The van der Waals surface area contributed by atoms with Crippen molar-refractivity contribution in [1.29, 1.82) is 0 Å². The Labute approximate surface area is 169 Å². The molecule has 4 N–H and O–H groups in total. The van der Waals surface area contributed by atoms with Crippen LogP contribution in [0.15, 0.2) is 48.6 Å². The first kappa shape index (κ1) is 26.5. The van der Waals surface area contributed by atoms with Crippen LogP contribution in [0.2, 0.25) is 0 Å². The number of hydrogen-bond donors (Lipinski definition) is 4. The summed E-state index contributed by atoms with van der Waals surface area (Å²) in [5.41, 5.74) is -4.18. The molecule has 0 aliphatic heterocycles. The maximum atomic E-state index is 12.5. The van der Waals surface area contributed by atoms with Gasteiger partial charge in [0.25, 0.3) is 0 Å². The number of carbonyl (C=O) groups excluding carboxylic acids is 4. The van der Waals surface area contributed by atoms with E-state index in [0.29, 0.717) is 0 Å². The number of carbonyl (C=O) groups is 4. The standard InChI is InChI=1S/C21H28O8/c1-9(2)13(22)17(26)21(18(27)14(23)10(3)4,19(28)15(24)11(5)6)20(29)16(25)12(7)8/h17-20,26-29H,1,3,5,7H2,2,4,6,8H3. The van der Waals surface area contributed by atoms with Crippen LogP contribution < -0.4 is 0 Å². The molecular weight excluding hydrogens is 380 g/mol. The smallest absolute Gasteiger partial charge is 0.187 e. The molecule has 0 saturated heterocycles. The summed E-state index contributed by atoms with van der Waals surface area (Å²) in [4.78, 5) is 50.0. The first-order valence-corrected chi connectivity index (χ1v) is 8.57. The topological polar surface area (TPSA) is 149 Å². The highest BCUT2D eigenvalue weighted by Crippen LogP contribution is 2.40. The van der Waals surface area contributed by atoms with Gasteiger partial charge in [0, 0.05) is 0 Å². The quantitative estimate of drug-likeness (QED) is 0.330. The summed E-state index contributed by atoms with van der Waals surface area (Å²) in [6.07, 6.45) is -10.2. The lowest BCUT2D eigenvalue weighted by atomic mass is 9.62. The second-order valence-electron chi connectivity index (χ2n) is 7.19. The Balaban J connectivity index is 7.27. The molecule has 0 radical (unpaired) electrons. The third-order valence-electron chi connectivity index (χ3n) is 4.57. The van der Waals surface area contributed by atoms with E-state index in [1.165, 1.54) is 27.7 Å². The summed E-state index contributed by atoms with van der Waals surface area (Å²) in [6, 6.07) is 0. The van der Waals surface area contributed by atoms with E-state index in [1.54, 1.807) is 0 Å². The second kappa shape index (κ2) is 9.80. The van der Waals surface area contributed by atoms with Crippen molar-refractivity contribution in [2.24, 2.45) is 5.41 Å². The molecule has 0 amide bonds. The van der Waals surface area contributed by atoms with E-state index in [2.05, 4.69) is 26.3 Å². The highest BCUT2D eigenvalue weighted by Gasteiger charge is 2.63. The van der Waals surface area contributed by atoms with Gasteiger partial charge in [-0.25, -0.2) is 0 Å². The van der Waals surface area contributed by atoms with Gasteiger partial charge in [-0.05, 0) is 50.0 Å². The third kappa shape index (κ3) is 4.91. The van der Waals surface area contributed by atoms with E-state index in [1.807, 2.05) is 0 Å². The van der Waals surface area contributed by atoms with Crippen LogP contribution in [0, 0.1) is 5.41 Å². The zero-order chi connectivity index (χ0) is 23.4. The van der Waals surface area contributed by atoms with E-state index < -0.39 is 53.0 Å². The molecule has 4 atom stereocenters. The summed E-state index contributed by atoms with van der Waals surface area (Å²) in [6.45, 7) is 18.1. The zero-order valence-electron chi connectivity index (χ0n) is 17.1. The normalized spacial score (nSPS) is 17.1. The molecule has 160 valence electrons. The summed E-state index contributed by atoms with van der Waals surface area (Å²) < 4.78 is 0. The molecule has 0 bridgehead atoms. The average molecular weight is 408 g/mol. The Kier molecular flexibility index (Phi) is 8.95. The molecule has 0 spiro atoms. The minimum atomic E-state index is -3.07. The van der Waals surface area contributed by atoms with Gasteiger partial charge in [0.15, 0.2) is 23.1 Å². The van der Waals surface area contributed by atoms with E-state index >= 15 is 0 Å². The van der Waals surface area contributed by atoms with Crippen LogP contribution in [-0.4, -0.2) is 68.0 Å². The van der Waals surface area contributed by atoms with Crippen molar-refractivity contribution in [2.75, 3.05) is 0 Å². The predicted molar refractivity (Wildman–Crippen MR) is 106 cm³/mol. The van der Waals surface area contributed by atoms with Crippen molar-refractivity contribution in [1.82, 2.24) is 0 Å². The van der Waals surface area contributed by atoms with Gasteiger partial charge in [-0.1, -0.05) is 26.3 Å². The summed E-state index contributed by atoms with van der Waals surface area (Å²) >= 11 is 0. The van der Waals surface area contributed by atoms with Gasteiger partial charge in [-0.3, -0.25) is 19.2 Å². The van der Waals surface area contributed by atoms with Crippen LogP contribution in [0.5, 0.6) is 0 Å². The van der Waals surface area contributed by atoms with E-state index in [4.69, 9.17) is 0 Å². The number of aliphatic hydroxyl groups excluding tert-OH is 4. The number of ketones is 4. The van der Waals surface area contributed by atoms with Gasteiger partial charge >= 0.3 is 0 Å². The van der Waals surface area contributed by atoms with E-state index in [0.717, 1.165) is 0 Å². The summed E-state index contributed by atoms with van der Waals surface area (Å²) in [7, 11) is 0. The number of Topliss-reactive ketones (excluding diaryl/α,β-unsaturated/α-hetero) is 4. The fourth-order valence-corrected chi connectivity index (χ4v) is 2.74. The minimum Gasteiger partial charge on any atom is -0.384 e. The van der Waals surface area contributed by atoms with Crippen molar-refractivity contribution in [3.63, 3.8) is 0 Å². The Bertz CT molecular complexity index is 655. The maximum Gasteiger partial charge on any atom is 0.187 e. The molecule has 29 heavy (non-hydrogen) atoms. The Hall–Kier alpha value is -2.52. The molecule has 0 aromatic heterocycles. The second-order valence-corrected chi connectivity index (χ2v) is 7.19. The zero-order valence-corrected chi connectivity index (χ0v) is 17.1. The molecule has 0 aromatic rings. The average Bonchev–Trinajstić information content (AvgIpc) is 2.64. The van der Waals surface area contributed by atoms with Crippen LogP contribution >= 0.6 is 0 Å². The van der Waals surface area contributed by atoms with Crippen LogP contribution in [0.3, 0.4) is 0 Å². The fourth-order valence-electron chi connectivity index (χ4n) is 2.74.